The molecule has 2 amide bonds. The van der Waals surface area contributed by atoms with Gasteiger partial charge in [0.15, 0.2) is 0 Å². The van der Waals surface area contributed by atoms with Crippen molar-refractivity contribution < 1.29 is 22.4 Å². The zero-order chi connectivity index (χ0) is 26.3. The summed E-state index contributed by atoms with van der Waals surface area (Å²) in [6.07, 6.45) is 5.15. The zero-order valence-corrected chi connectivity index (χ0v) is 22.2. The van der Waals surface area contributed by atoms with Gasteiger partial charge in [0.05, 0.1) is 11.9 Å². The van der Waals surface area contributed by atoms with Crippen LogP contribution in [-0.4, -0.2) is 50.0 Å². The predicted octanol–water partition coefficient (Wildman–Crippen LogP) is 4.50. The van der Waals surface area contributed by atoms with Crippen LogP contribution in [0.15, 0.2) is 48.5 Å². The normalized spacial score (nSPS) is 14.9. The van der Waals surface area contributed by atoms with E-state index in [1.165, 1.54) is 23.1 Å². The number of anilines is 1. The van der Waals surface area contributed by atoms with Gasteiger partial charge >= 0.3 is 0 Å². The monoisotopic (exact) mass is 537 g/mol. The number of carbonyl (C=O) groups excluding carboxylic acids is 2. The molecule has 1 aliphatic rings. The van der Waals surface area contributed by atoms with Gasteiger partial charge in [-0.05, 0) is 56.0 Å². The van der Waals surface area contributed by atoms with Crippen molar-refractivity contribution in [1.29, 1.82) is 0 Å². The molecule has 0 saturated heterocycles. The van der Waals surface area contributed by atoms with Crippen molar-refractivity contribution in [3.8, 4) is 0 Å². The van der Waals surface area contributed by atoms with Crippen LogP contribution < -0.4 is 9.62 Å². The van der Waals surface area contributed by atoms with E-state index in [-0.39, 0.29) is 49.5 Å². The molecular weight excluding hydrogens is 505 g/mol. The summed E-state index contributed by atoms with van der Waals surface area (Å²) in [6, 6.07) is 12.1. The lowest BCUT2D eigenvalue weighted by Gasteiger charge is -2.30. The number of carbonyl (C=O) groups is 2. The molecule has 1 atom stereocenters. The van der Waals surface area contributed by atoms with E-state index in [1.807, 2.05) is 6.07 Å². The Morgan fingerprint density at radius 2 is 1.83 bits per heavy atom. The number of nitrogens with one attached hydrogen (secondary N) is 1. The Hall–Kier alpha value is -2.65. The molecule has 0 spiro atoms. The summed E-state index contributed by atoms with van der Waals surface area (Å²) in [5.74, 6) is -1.18. The van der Waals surface area contributed by atoms with E-state index < -0.39 is 21.9 Å². The van der Waals surface area contributed by atoms with E-state index in [4.69, 9.17) is 11.6 Å². The number of sulfonamides is 1. The third-order valence-corrected chi connectivity index (χ3v) is 7.80. The van der Waals surface area contributed by atoms with Crippen molar-refractivity contribution in [3.05, 3.63) is 64.9 Å². The molecule has 36 heavy (non-hydrogen) atoms. The van der Waals surface area contributed by atoms with E-state index >= 15 is 0 Å². The fourth-order valence-electron chi connectivity index (χ4n) is 4.44. The standard InChI is InChI=1S/C26H33ClFN3O4S/c1-19(26(33)29-22-11-3-4-12-22)30(18-20-9-7-10-21(27)17-20)25(32)15-8-16-31(36(2,34)35)24-14-6-5-13-23(24)28/h5-7,9-10,13-14,17,19,22H,3-4,8,11-12,15-16,18H2,1-2H3,(H,29,33)/t19-/m0/s1. The Labute approximate surface area is 217 Å². The molecule has 1 fully saturated rings. The molecule has 2 aromatic rings. The number of nitrogens with zero attached hydrogens (tertiary/aromatic N) is 2. The number of rotatable bonds is 11. The van der Waals surface area contributed by atoms with E-state index in [0.29, 0.717) is 5.02 Å². The second-order valence-electron chi connectivity index (χ2n) is 9.21. The third-order valence-electron chi connectivity index (χ3n) is 6.38. The minimum atomic E-state index is -3.77. The van der Waals surface area contributed by atoms with Gasteiger partial charge in [0.25, 0.3) is 0 Å². The van der Waals surface area contributed by atoms with E-state index in [0.717, 1.165) is 41.8 Å². The van der Waals surface area contributed by atoms with Crippen LogP contribution in [0.4, 0.5) is 10.1 Å². The Balaban J connectivity index is 1.72. The summed E-state index contributed by atoms with van der Waals surface area (Å²) in [5.41, 5.74) is 0.716. The molecule has 7 nitrogen and oxygen atoms in total. The highest BCUT2D eigenvalue weighted by Gasteiger charge is 2.29. The van der Waals surface area contributed by atoms with Gasteiger partial charge in [-0.3, -0.25) is 13.9 Å². The van der Waals surface area contributed by atoms with E-state index in [9.17, 15) is 22.4 Å². The average molecular weight is 538 g/mol. The van der Waals surface area contributed by atoms with Crippen LogP contribution in [0, 0.1) is 5.82 Å². The van der Waals surface area contributed by atoms with Gasteiger partial charge in [-0.15, -0.1) is 0 Å². The first-order chi connectivity index (χ1) is 17.1. The average Bonchev–Trinajstić information content (AvgIpc) is 3.33. The van der Waals surface area contributed by atoms with Gasteiger partial charge in [-0.1, -0.05) is 48.7 Å². The molecule has 196 valence electrons. The number of para-hydroxylation sites is 1. The minimum absolute atomic E-state index is 0.0118. The van der Waals surface area contributed by atoms with Crippen LogP contribution in [0.25, 0.3) is 0 Å². The zero-order valence-electron chi connectivity index (χ0n) is 20.6. The SMILES string of the molecule is C[C@@H](C(=O)NC1CCCC1)N(Cc1cccc(Cl)c1)C(=O)CCCN(c1ccccc1F)S(C)(=O)=O. The molecule has 10 heteroatoms. The number of benzene rings is 2. The van der Waals surface area contributed by atoms with Crippen molar-refractivity contribution in [3.63, 3.8) is 0 Å². The van der Waals surface area contributed by atoms with Crippen molar-refractivity contribution >= 4 is 39.1 Å². The van der Waals surface area contributed by atoms with Gasteiger partial charge < -0.3 is 10.2 Å². The highest BCUT2D eigenvalue weighted by atomic mass is 35.5. The molecule has 0 aliphatic heterocycles. The molecule has 0 aromatic heterocycles. The lowest BCUT2D eigenvalue weighted by atomic mass is 10.1. The van der Waals surface area contributed by atoms with Crippen LogP contribution in [0.3, 0.4) is 0 Å². The third kappa shape index (κ3) is 7.67. The van der Waals surface area contributed by atoms with Crippen LogP contribution >= 0.6 is 11.6 Å². The summed E-state index contributed by atoms with van der Waals surface area (Å²) >= 11 is 6.12. The second kappa shape index (κ2) is 12.5. The fourth-order valence-corrected chi connectivity index (χ4v) is 5.62. The number of hydrogen-bond donors (Lipinski definition) is 1. The molecule has 1 saturated carbocycles. The molecular formula is C26H33ClFN3O4S. The molecule has 0 bridgehead atoms. The van der Waals surface area contributed by atoms with E-state index in [2.05, 4.69) is 5.32 Å². The Bertz CT molecular complexity index is 1170. The van der Waals surface area contributed by atoms with Crippen LogP contribution in [0.1, 0.15) is 51.0 Å². The summed E-state index contributed by atoms with van der Waals surface area (Å²) in [7, 11) is -3.77. The number of hydrogen-bond acceptors (Lipinski definition) is 4. The summed E-state index contributed by atoms with van der Waals surface area (Å²) < 4.78 is 39.9. The van der Waals surface area contributed by atoms with Gasteiger partial charge in [-0.2, -0.15) is 0 Å². The Morgan fingerprint density at radius 1 is 1.14 bits per heavy atom. The molecule has 0 unspecified atom stereocenters. The Morgan fingerprint density at radius 3 is 2.47 bits per heavy atom. The van der Waals surface area contributed by atoms with Gasteiger partial charge in [0.1, 0.15) is 11.9 Å². The second-order valence-corrected chi connectivity index (χ2v) is 11.6. The lowest BCUT2D eigenvalue weighted by Crippen LogP contribution is -2.49. The van der Waals surface area contributed by atoms with Gasteiger partial charge in [0.2, 0.25) is 21.8 Å². The summed E-state index contributed by atoms with van der Waals surface area (Å²) in [4.78, 5) is 27.8. The van der Waals surface area contributed by atoms with Crippen molar-refractivity contribution in [2.75, 3.05) is 17.1 Å². The number of halogens is 2. The minimum Gasteiger partial charge on any atom is -0.352 e. The molecule has 0 heterocycles. The van der Waals surface area contributed by atoms with Gasteiger partial charge in [-0.25, -0.2) is 12.8 Å². The van der Waals surface area contributed by atoms with Gasteiger partial charge in [0, 0.05) is 30.6 Å². The maximum atomic E-state index is 14.3. The lowest BCUT2D eigenvalue weighted by molar-refractivity contribution is -0.141. The highest BCUT2D eigenvalue weighted by Crippen LogP contribution is 2.23. The summed E-state index contributed by atoms with van der Waals surface area (Å²) in [5, 5.41) is 3.57. The number of amides is 2. The molecule has 1 N–H and O–H groups in total. The maximum Gasteiger partial charge on any atom is 0.242 e. The highest BCUT2D eigenvalue weighted by molar-refractivity contribution is 7.92. The van der Waals surface area contributed by atoms with Crippen molar-refractivity contribution in [1.82, 2.24) is 10.2 Å². The maximum absolute atomic E-state index is 14.3. The first-order valence-electron chi connectivity index (χ1n) is 12.1. The summed E-state index contributed by atoms with van der Waals surface area (Å²) in [6.45, 7) is 1.80. The largest absolute Gasteiger partial charge is 0.352 e. The first-order valence-corrected chi connectivity index (χ1v) is 14.4. The van der Waals surface area contributed by atoms with Crippen LogP contribution in [-0.2, 0) is 26.2 Å². The molecule has 2 aromatic carbocycles. The van der Waals surface area contributed by atoms with Crippen LogP contribution in [0.2, 0.25) is 5.02 Å². The van der Waals surface area contributed by atoms with Crippen molar-refractivity contribution in [2.24, 2.45) is 0 Å². The van der Waals surface area contributed by atoms with E-state index in [1.54, 1.807) is 31.2 Å². The first kappa shape index (κ1) is 27.9. The quantitative estimate of drug-likeness (QED) is 0.457. The molecule has 3 rings (SSSR count). The topological polar surface area (TPSA) is 86.8 Å². The van der Waals surface area contributed by atoms with Crippen LogP contribution in [0.5, 0.6) is 0 Å². The Kier molecular flexibility index (Phi) is 9.73. The van der Waals surface area contributed by atoms with Crippen molar-refractivity contribution in [2.45, 2.75) is 64.1 Å². The molecule has 0 radical (unpaired) electrons. The molecule has 1 aliphatic carbocycles. The fraction of sp³-hybridized carbons (Fsp3) is 0.462. The smallest absolute Gasteiger partial charge is 0.242 e. The predicted molar refractivity (Wildman–Crippen MR) is 140 cm³/mol.